The van der Waals surface area contributed by atoms with E-state index in [1.54, 1.807) is 18.2 Å². The SMILES string of the molecule is O=Cc1c(Cl)cccc1OCCCCl. The number of benzene rings is 1. The Bertz CT molecular complexity index is 313. The molecule has 0 atom stereocenters. The van der Waals surface area contributed by atoms with Gasteiger partial charge >= 0.3 is 0 Å². The second kappa shape index (κ2) is 5.89. The normalized spacial score (nSPS) is 9.86. The molecule has 0 aromatic heterocycles. The summed E-state index contributed by atoms with van der Waals surface area (Å²) in [4.78, 5) is 10.7. The number of hydrogen-bond donors (Lipinski definition) is 0. The summed E-state index contributed by atoms with van der Waals surface area (Å²) in [6.07, 6.45) is 1.44. The van der Waals surface area contributed by atoms with Gasteiger partial charge in [-0.3, -0.25) is 4.79 Å². The molecule has 0 amide bonds. The van der Waals surface area contributed by atoms with Crippen LogP contribution in [0.2, 0.25) is 5.02 Å². The van der Waals surface area contributed by atoms with E-state index in [9.17, 15) is 4.79 Å². The number of carbonyl (C=O) groups is 1. The molecule has 0 bridgehead atoms. The van der Waals surface area contributed by atoms with Gasteiger partial charge in [-0.1, -0.05) is 17.7 Å². The maximum absolute atomic E-state index is 10.7. The first-order valence-electron chi connectivity index (χ1n) is 4.22. The third kappa shape index (κ3) is 2.89. The lowest BCUT2D eigenvalue weighted by atomic mass is 10.2. The Morgan fingerprint density at radius 3 is 2.86 bits per heavy atom. The van der Waals surface area contributed by atoms with E-state index >= 15 is 0 Å². The molecule has 0 heterocycles. The van der Waals surface area contributed by atoms with Crippen LogP contribution in [0.15, 0.2) is 18.2 Å². The summed E-state index contributed by atoms with van der Waals surface area (Å²) in [5, 5.41) is 0.406. The van der Waals surface area contributed by atoms with Gasteiger partial charge in [-0.25, -0.2) is 0 Å². The van der Waals surface area contributed by atoms with Crippen LogP contribution in [0, 0.1) is 0 Å². The number of carbonyl (C=O) groups excluding carboxylic acids is 1. The predicted octanol–water partition coefficient (Wildman–Crippen LogP) is 3.16. The maximum atomic E-state index is 10.7. The smallest absolute Gasteiger partial charge is 0.155 e. The molecule has 14 heavy (non-hydrogen) atoms. The fraction of sp³-hybridized carbons (Fsp3) is 0.300. The molecular weight excluding hydrogens is 223 g/mol. The quantitative estimate of drug-likeness (QED) is 0.443. The summed E-state index contributed by atoms with van der Waals surface area (Å²) in [7, 11) is 0. The van der Waals surface area contributed by atoms with Gasteiger partial charge in [-0.15, -0.1) is 11.6 Å². The molecule has 0 radical (unpaired) electrons. The Labute approximate surface area is 92.8 Å². The third-order valence-corrected chi connectivity index (χ3v) is 2.26. The fourth-order valence-electron chi connectivity index (χ4n) is 0.994. The molecule has 0 saturated carbocycles. The van der Waals surface area contributed by atoms with E-state index in [4.69, 9.17) is 27.9 Å². The van der Waals surface area contributed by atoms with Gasteiger partial charge in [0.2, 0.25) is 0 Å². The van der Waals surface area contributed by atoms with Crippen LogP contribution in [0.3, 0.4) is 0 Å². The first-order valence-corrected chi connectivity index (χ1v) is 5.13. The molecule has 0 aliphatic carbocycles. The largest absolute Gasteiger partial charge is 0.493 e. The second-order valence-electron chi connectivity index (χ2n) is 2.66. The van der Waals surface area contributed by atoms with Crippen LogP contribution in [0.1, 0.15) is 16.8 Å². The van der Waals surface area contributed by atoms with Crippen molar-refractivity contribution in [3.63, 3.8) is 0 Å². The van der Waals surface area contributed by atoms with Gasteiger partial charge in [0.1, 0.15) is 5.75 Å². The minimum absolute atomic E-state index is 0.392. The molecule has 0 saturated heterocycles. The van der Waals surface area contributed by atoms with Crippen LogP contribution in [0.4, 0.5) is 0 Å². The van der Waals surface area contributed by atoms with E-state index in [2.05, 4.69) is 0 Å². The van der Waals surface area contributed by atoms with Gasteiger partial charge in [-0.05, 0) is 18.6 Å². The summed E-state index contributed by atoms with van der Waals surface area (Å²) in [6, 6.07) is 5.11. The predicted molar refractivity (Wildman–Crippen MR) is 57.7 cm³/mol. The van der Waals surface area contributed by atoms with Gasteiger partial charge in [0.15, 0.2) is 6.29 Å². The Hall–Kier alpha value is -0.730. The Morgan fingerprint density at radius 1 is 1.43 bits per heavy atom. The first-order chi connectivity index (χ1) is 6.79. The second-order valence-corrected chi connectivity index (χ2v) is 3.45. The molecule has 1 aromatic carbocycles. The lowest BCUT2D eigenvalue weighted by Gasteiger charge is -2.07. The van der Waals surface area contributed by atoms with Gasteiger partial charge < -0.3 is 4.74 Å². The number of hydrogen-bond acceptors (Lipinski definition) is 2. The lowest BCUT2D eigenvalue weighted by Crippen LogP contribution is -2.00. The van der Waals surface area contributed by atoms with E-state index in [0.717, 1.165) is 6.42 Å². The highest BCUT2D eigenvalue weighted by molar-refractivity contribution is 6.33. The van der Waals surface area contributed by atoms with E-state index in [1.165, 1.54) is 0 Å². The van der Waals surface area contributed by atoms with Gasteiger partial charge in [0, 0.05) is 5.88 Å². The van der Waals surface area contributed by atoms with Crippen LogP contribution in [0.25, 0.3) is 0 Å². The Kier molecular flexibility index (Phi) is 4.77. The summed E-state index contributed by atoms with van der Waals surface area (Å²) in [5.74, 6) is 1.05. The Morgan fingerprint density at radius 2 is 2.21 bits per heavy atom. The van der Waals surface area contributed by atoms with Crippen molar-refractivity contribution in [2.45, 2.75) is 6.42 Å². The van der Waals surface area contributed by atoms with E-state index in [1.807, 2.05) is 0 Å². The van der Waals surface area contributed by atoms with E-state index < -0.39 is 0 Å². The summed E-state index contributed by atoms with van der Waals surface area (Å²) >= 11 is 11.3. The molecule has 0 N–H and O–H groups in total. The zero-order chi connectivity index (χ0) is 10.4. The van der Waals surface area contributed by atoms with Crippen molar-refractivity contribution in [2.24, 2.45) is 0 Å². The molecule has 0 aliphatic heterocycles. The minimum atomic E-state index is 0.392. The molecule has 2 nitrogen and oxygen atoms in total. The monoisotopic (exact) mass is 232 g/mol. The van der Waals surface area contributed by atoms with Crippen LogP contribution >= 0.6 is 23.2 Å². The van der Waals surface area contributed by atoms with Crippen molar-refractivity contribution in [1.29, 1.82) is 0 Å². The van der Waals surface area contributed by atoms with E-state index in [0.29, 0.717) is 35.1 Å². The first kappa shape index (κ1) is 11.3. The minimum Gasteiger partial charge on any atom is -0.493 e. The number of rotatable bonds is 5. The summed E-state index contributed by atoms with van der Waals surface area (Å²) in [5.41, 5.74) is 0.392. The highest BCUT2D eigenvalue weighted by Crippen LogP contribution is 2.24. The topological polar surface area (TPSA) is 26.3 Å². The van der Waals surface area contributed by atoms with Crippen LogP contribution in [-0.4, -0.2) is 18.8 Å². The van der Waals surface area contributed by atoms with Crippen molar-refractivity contribution >= 4 is 29.5 Å². The van der Waals surface area contributed by atoms with Crippen molar-refractivity contribution < 1.29 is 9.53 Å². The molecule has 0 unspecified atom stereocenters. The number of alkyl halides is 1. The molecule has 0 aliphatic rings. The number of halogens is 2. The fourth-order valence-corrected chi connectivity index (χ4v) is 1.31. The molecule has 1 rings (SSSR count). The summed E-state index contributed by atoms with van der Waals surface area (Å²) in [6.45, 7) is 0.491. The molecule has 0 spiro atoms. The zero-order valence-corrected chi connectivity index (χ0v) is 9.02. The third-order valence-electron chi connectivity index (χ3n) is 1.67. The Balaban J connectivity index is 2.75. The lowest BCUT2D eigenvalue weighted by molar-refractivity contribution is 0.111. The van der Waals surface area contributed by atoms with Crippen molar-refractivity contribution in [3.05, 3.63) is 28.8 Å². The van der Waals surface area contributed by atoms with Gasteiger partial charge in [0.25, 0.3) is 0 Å². The number of ether oxygens (including phenoxy) is 1. The zero-order valence-electron chi connectivity index (χ0n) is 7.50. The average Bonchev–Trinajstić information content (AvgIpc) is 2.18. The van der Waals surface area contributed by atoms with Crippen LogP contribution in [0.5, 0.6) is 5.75 Å². The molecule has 1 aromatic rings. The average molecular weight is 233 g/mol. The number of aldehydes is 1. The molecule has 4 heteroatoms. The van der Waals surface area contributed by atoms with E-state index in [-0.39, 0.29) is 0 Å². The van der Waals surface area contributed by atoms with Crippen LogP contribution in [-0.2, 0) is 0 Å². The van der Waals surface area contributed by atoms with Crippen molar-refractivity contribution in [3.8, 4) is 5.75 Å². The van der Waals surface area contributed by atoms with Gasteiger partial charge in [-0.2, -0.15) is 0 Å². The van der Waals surface area contributed by atoms with Crippen LogP contribution < -0.4 is 4.74 Å². The molecule has 0 fully saturated rings. The molecular formula is C10H10Cl2O2. The van der Waals surface area contributed by atoms with Crippen molar-refractivity contribution in [2.75, 3.05) is 12.5 Å². The highest BCUT2D eigenvalue weighted by Gasteiger charge is 2.06. The standard InChI is InChI=1S/C10H10Cl2O2/c11-5-2-6-14-10-4-1-3-9(12)8(10)7-13/h1,3-4,7H,2,5-6H2. The van der Waals surface area contributed by atoms with Crippen molar-refractivity contribution in [1.82, 2.24) is 0 Å². The van der Waals surface area contributed by atoms with Gasteiger partial charge in [0.05, 0.1) is 17.2 Å². The summed E-state index contributed by atoms with van der Waals surface area (Å²) < 4.78 is 5.35. The highest BCUT2D eigenvalue weighted by atomic mass is 35.5. The molecule has 76 valence electrons. The maximum Gasteiger partial charge on any atom is 0.155 e.